The van der Waals surface area contributed by atoms with E-state index in [1.54, 1.807) is 20.8 Å². The minimum absolute atomic E-state index is 0.0659. The van der Waals surface area contributed by atoms with Gasteiger partial charge in [-0.1, -0.05) is 11.6 Å². The van der Waals surface area contributed by atoms with E-state index in [2.05, 4.69) is 9.97 Å². The molecule has 1 atom stereocenters. The summed E-state index contributed by atoms with van der Waals surface area (Å²) in [6.45, 7) is 5.09. The van der Waals surface area contributed by atoms with Gasteiger partial charge in [0.25, 0.3) is 0 Å². The van der Waals surface area contributed by atoms with Gasteiger partial charge < -0.3 is 14.4 Å². The van der Waals surface area contributed by atoms with Crippen LogP contribution in [-0.2, 0) is 4.74 Å². The van der Waals surface area contributed by atoms with E-state index in [9.17, 15) is 18.0 Å². The van der Waals surface area contributed by atoms with Gasteiger partial charge in [0.15, 0.2) is 5.15 Å². The number of ether oxygens (including phenoxy) is 2. The van der Waals surface area contributed by atoms with Crippen molar-refractivity contribution in [2.24, 2.45) is 0 Å². The number of hydrogen-bond donors (Lipinski definition) is 0. The number of hydrogen-bond acceptors (Lipinski definition) is 5. The van der Waals surface area contributed by atoms with Gasteiger partial charge in [0.05, 0.1) is 12.4 Å². The first kappa shape index (κ1) is 20.5. The molecule has 1 saturated heterocycles. The molecule has 1 fully saturated rings. The van der Waals surface area contributed by atoms with Crippen LogP contribution in [0.1, 0.15) is 40.0 Å². The largest absolute Gasteiger partial charge is 0.460 e. The summed E-state index contributed by atoms with van der Waals surface area (Å²) in [5, 5.41) is -0.0659. The maximum Gasteiger partial charge on any atom is 0.428 e. The van der Waals surface area contributed by atoms with Crippen LogP contribution in [0.25, 0.3) is 0 Å². The zero-order valence-electron chi connectivity index (χ0n) is 14.8. The van der Waals surface area contributed by atoms with Crippen molar-refractivity contribution < 1.29 is 27.4 Å². The molecule has 0 spiro atoms. The number of likely N-dealkylation sites (tertiary alicyclic amines) is 1. The lowest BCUT2D eigenvalue weighted by atomic mass is 9.93. The van der Waals surface area contributed by atoms with E-state index in [1.807, 2.05) is 0 Å². The Balaban J connectivity index is 2.19. The monoisotopic (exact) mass is 395 g/mol. The summed E-state index contributed by atoms with van der Waals surface area (Å²) < 4.78 is 51.9. The normalized spacial score (nSPS) is 21.9. The number of amides is 1. The van der Waals surface area contributed by atoms with Gasteiger partial charge in [0, 0.05) is 19.5 Å². The number of aromatic nitrogens is 2. The number of nitrogens with zero attached hydrogens (tertiary/aromatic N) is 3. The van der Waals surface area contributed by atoms with Gasteiger partial charge in [0.1, 0.15) is 5.60 Å². The number of halogens is 4. The van der Waals surface area contributed by atoms with Crippen molar-refractivity contribution in [2.75, 3.05) is 13.1 Å². The van der Waals surface area contributed by atoms with Gasteiger partial charge in [-0.3, -0.25) is 4.98 Å². The molecule has 0 bridgehead atoms. The van der Waals surface area contributed by atoms with Gasteiger partial charge in [0.2, 0.25) is 11.5 Å². The zero-order chi connectivity index (χ0) is 19.6. The minimum atomic E-state index is -4.65. The molecule has 26 heavy (non-hydrogen) atoms. The lowest BCUT2D eigenvalue weighted by molar-refractivity contribution is -0.253. The van der Waals surface area contributed by atoms with Gasteiger partial charge >= 0.3 is 12.3 Å². The summed E-state index contributed by atoms with van der Waals surface area (Å²) in [6.07, 6.45) is -3.67. The maximum atomic E-state index is 13.8. The maximum absolute atomic E-state index is 13.8. The Labute approximate surface area is 154 Å². The smallest absolute Gasteiger partial charge is 0.428 e. The van der Waals surface area contributed by atoms with Crippen molar-refractivity contribution in [3.8, 4) is 5.88 Å². The predicted octanol–water partition coefficient (Wildman–Crippen LogP) is 4.23. The van der Waals surface area contributed by atoms with Crippen LogP contribution in [0.3, 0.4) is 0 Å². The van der Waals surface area contributed by atoms with Crippen molar-refractivity contribution >= 4 is 17.7 Å². The van der Waals surface area contributed by atoms with E-state index in [1.165, 1.54) is 11.1 Å². The third-order valence-corrected chi connectivity index (χ3v) is 4.03. The first-order chi connectivity index (χ1) is 11.9. The van der Waals surface area contributed by atoms with E-state index in [0.717, 1.165) is 6.20 Å². The second-order valence-electron chi connectivity index (χ2n) is 7.10. The molecule has 1 aliphatic rings. The molecule has 6 nitrogen and oxygen atoms in total. The minimum Gasteiger partial charge on any atom is -0.460 e. The predicted molar refractivity (Wildman–Crippen MR) is 88.1 cm³/mol. The van der Waals surface area contributed by atoms with E-state index in [0.29, 0.717) is 0 Å². The van der Waals surface area contributed by atoms with Gasteiger partial charge in [-0.25, -0.2) is 4.79 Å². The van der Waals surface area contributed by atoms with E-state index in [4.69, 9.17) is 21.1 Å². The van der Waals surface area contributed by atoms with Gasteiger partial charge in [-0.2, -0.15) is 18.2 Å². The van der Waals surface area contributed by atoms with Crippen LogP contribution in [0.15, 0.2) is 12.4 Å². The summed E-state index contributed by atoms with van der Waals surface area (Å²) in [5.41, 5.74) is -3.19. The molecule has 1 unspecified atom stereocenters. The highest BCUT2D eigenvalue weighted by Crippen LogP contribution is 2.42. The summed E-state index contributed by atoms with van der Waals surface area (Å²) >= 11 is 5.68. The molecule has 0 N–H and O–H groups in total. The molecule has 0 aliphatic carbocycles. The Kier molecular flexibility index (Phi) is 5.89. The SMILES string of the molecule is CC(C)(C)OC(=O)N1CCCC(Oc2cncc(Cl)n2)(C(F)(F)F)CC1. The molecule has 1 aliphatic heterocycles. The molecular weight excluding hydrogens is 375 g/mol. The molecule has 1 aromatic rings. The van der Waals surface area contributed by atoms with Crippen molar-refractivity contribution in [3.05, 3.63) is 17.5 Å². The highest BCUT2D eigenvalue weighted by atomic mass is 35.5. The van der Waals surface area contributed by atoms with Crippen molar-refractivity contribution in [2.45, 2.75) is 57.4 Å². The fourth-order valence-electron chi connectivity index (χ4n) is 2.64. The topological polar surface area (TPSA) is 64.5 Å². The van der Waals surface area contributed by atoms with Gasteiger partial charge in [-0.05, 0) is 33.6 Å². The average molecular weight is 396 g/mol. The lowest BCUT2D eigenvalue weighted by Gasteiger charge is -2.34. The third kappa shape index (κ3) is 5.12. The van der Waals surface area contributed by atoms with Crippen LogP contribution in [0, 0.1) is 0 Å². The van der Waals surface area contributed by atoms with Gasteiger partial charge in [-0.15, -0.1) is 0 Å². The standard InChI is InChI=1S/C16H21ClF3N3O3/c1-14(2,3)26-13(24)23-7-4-5-15(6-8-23,16(18,19)20)25-12-10-21-9-11(17)22-12/h9-10H,4-8H2,1-3H3. The first-order valence-corrected chi connectivity index (χ1v) is 8.51. The molecule has 0 aromatic carbocycles. The fraction of sp³-hybridized carbons (Fsp3) is 0.688. The Morgan fingerprint density at radius 3 is 2.50 bits per heavy atom. The molecule has 0 saturated carbocycles. The summed E-state index contributed by atoms with van der Waals surface area (Å²) in [6, 6.07) is 0. The second kappa shape index (κ2) is 7.46. The molecule has 1 aromatic heterocycles. The van der Waals surface area contributed by atoms with Crippen LogP contribution < -0.4 is 4.74 Å². The molecular formula is C16H21ClF3N3O3. The van der Waals surface area contributed by atoms with Crippen molar-refractivity contribution in [1.82, 2.24) is 14.9 Å². The molecule has 10 heteroatoms. The first-order valence-electron chi connectivity index (χ1n) is 8.13. The molecule has 2 rings (SSSR count). The van der Waals surface area contributed by atoms with Crippen molar-refractivity contribution in [1.29, 1.82) is 0 Å². The fourth-order valence-corrected chi connectivity index (χ4v) is 2.77. The molecule has 0 radical (unpaired) electrons. The van der Waals surface area contributed by atoms with Crippen LogP contribution in [0.4, 0.5) is 18.0 Å². The van der Waals surface area contributed by atoms with E-state index >= 15 is 0 Å². The third-order valence-electron chi connectivity index (χ3n) is 3.85. The Hall–Kier alpha value is -1.77. The lowest BCUT2D eigenvalue weighted by Crippen LogP contribution is -2.51. The Morgan fingerprint density at radius 2 is 1.92 bits per heavy atom. The second-order valence-corrected chi connectivity index (χ2v) is 7.48. The average Bonchev–Trinajstić information content (AvgIpc) is 2.68. The number of carbonyl (C=O) groups is 1. The Morgan fingerprint density at radius 1 is 1.23 bits per heavy atom. The highest BCUT2D eigenvalue weighted by Gasteiger charge is 2.58. The quantitative estimate of drug-likeness (QED) is 0.749. The summed E-state index contributed by atoms with van der Waals surface area (Å²) in [4.78, 5) is 20.9. The zero-order valence-corrected chi connectivity index (χ0v) is 15.5. The molecule has 146 valence electrons. The number of rotatable bonds is 2. The molecule has 2 heterocycles. The summed E-state index contributed by atoms with van der Waals surface area (Å²) in [7, 11) is 0. The van der Waals surface area contributed by atoms with E-state index < -0.39 is 29.9 Å². The van der Waals surface area contributed by atoms with Crippen molar-refractivity contribution in [3.63, 3.8) is 0 Å². The number of alkyl halides is 3. The van der Waals surface area contributed by atoms with Crippen LogP contribution in [-0.4, -0.2) is 51.4 Å². The number of carbonyl (C=O) groups excluding carboxylic acids is 1. The van der Waals surface area contributed by atoms with Crippen LogP contribution >= 0.6 is 11.6 Å². The highest BCUT2D eigenvalue weighted by molar-refractivity contribution is 6.29. The summed E-state index contributed by atoms with van der Waals surface area (Å²) in [5.74, 6) is -0.305. The van der Waals surface area contributed by atoms with Crippen LogP contribution in [0.5, 0.6) is 5.88 Å². The van der Waals surface area contributed by atoms with E-state index in [-0.39, 0.29) is 37.0 Å². The van der Waals surface area contributed by atoms with Crippen LogP contribution in [0.2, 0.25) is 5.15 Å². The molecule has 1 amide bonds. The Bertz CT molecular complexity index is 652.